The van der Waals surface area contributed by atoms with Gasteiger partial charge in [0.2, 0.25) is 0 Å². The van der Waals surface area contributed by atoms with E-state index in [9.17, 15) is 4.79 Å². The van der Waals surface area contributed by atoms with E-state index in [4.69, 9.17) is 9.15 Å². The van der Waals surface area contributed by atoms with Crippen molar-refractivity contribution in [3.8, 4) is 16.9 Å². The normalized spacial score (nSPS) is 10.9. The van der Waals surface area contributed by atoms with Crippen LogP contribution in [0.15, 0.2) is 82.0 Å². The molecule has 0 amide bonds. The van der Waals surface area contributed by atoms with Gasteiger partial charge in [-0.1, -0.05) is 54.6 Å². The van der Waals surface area contributed by atoms with Crippen LogP contribution in [0.2, 0.25) is 0 Å². The Hall–Kier alpha value is -3.33. The predicted molar refractivity (Wildman–Crippen MR) is 108 cm³/mol. The van der Waals surface area contributed by atoms with Gasteiger partial charge in [0.15, 0.2) is 0 Å². The first-order chi connectivity index (χ1) is 13.1. The van der Waals surface area contributed by atoms with E-state index in [1.807, 2.05) is 67.6 Å². The average molecular weight is 356 g/mol. The van der Waals surface area contributed by atoms with Crippen LogP contribution in [0.4, 0.5) is 0 Å². The summed E-state index contributed by atoms with van der Waals surface area (Å²) in [6.07, 6.45) is 0. The van der Waals surface area contributed by atoms with Gasteiger partial charge in [0.05, 0.1) is 5.56 Å². The molecule has 0 radical (unpaired) electrons. The quantitative estimate of drug-likeness (QED) is 0.443. The largest absolute Gasteiger partial charge is 0.489 e. The standard InChI is InChI=1S/C24H20O3/c1-16-8-6-7-11-19(16)15-26-20-12-13-21-17(2)23(18-9-4-3-5-10-18)24(25)27-22(21)14-20/h3-14H,15H2,1-2H3. The first-order valence-electron chi connectivity index (χ1n) is 8.93. The molecule has 4 aromatic rings. The second-order valence-electron chi connectivity index (χ2n) is 6.63. The number of rotatable bonds is 4. The molecule has 0 bridgehead atoms. The van der Waals surface area contributed by atoms with Crippen LogP contribution in [0, 0.1) is 13.8 Å². The van der Waals surface area contributed by atoms with Crippen molar-refractivity contribution in [3.63, 3.8) is 0 Å². The monoisotopic (exact) mass is 356 g/mol. The Labute approximate surface area is 157 Å². The summed E-state index contributed by atoms with van der Waals surface area (Å²) in [5.41, 5.74) is 4.92. The fourth-order valence-electron chi connectivity index (χ4n) is 3.30. The molecular formula is C24H20O3. The van der Waals surface area contributed by atoms with Gasteiger partial charge < -0.3 is 9.15 Å². The molecule has 3 nitrogen and oxygen atoms in total. The zero-order valence-electron chi connectivity index (χ0n) is 15.4. The van der Waals surface area contributed by atoms with Gasteiger partial charge in [-0.05, 0) is 48.2 Å². The third-order valence-corrected chi connectivity index (χ3v) is 4.86. The van der Waals surface area contributed by atoms with Crippen molar-refractivity contribution in [1.82, 2.24) is 0 Å². The van der Waals surface area contributed by atoms with Crippen LogP contribution in [0.5, 0.6) is 5.75 Å². The SMILES string of the molecule is Cc1ccccc1COc1ccc2c(C)c(-c3ccccc3)c(=O)oc2c1. The van der Waals surface area contributed by atoms with Crippen molar-refractivity contribution in [2.75, 3.05) is 0 Å². The van der Waals surface area contributed by atoms with Gasteiger partial charge in [0.1, 0.15) is 17.9 Å². The van der Waals surface area contributed by atoms with E-state index in [0.29, 0.717) is 23.5 Å². The first-order valence-corrected chi connectivity index (χ1v) is 8.93. The lowest BCUT2D eigenvalue weighted by atomic mass is 10.00. The molecule has 0 aliphatic rings. The minimum absolute atomic E-state index is 0.331. The topological polar surface area (TPSA) is 39.4 Å². The summed E-state index contributed by atoms with van der Waals surface area (Å²) < 4.78 is 11.5. The van der Waals surface area contributed by atoms with E-state index in [1.165, 1.54) is 5.56 Å². The van der Waals surface area contributed by atoms with Gasteiger partial charge >= 0.3 is 5.63 Å². The smallest absolute Gasteiger partial charge is 0.344 e. The molecule has 0 atom stereocenters. The first kappa shape index (κ1) is 17.1. The van der Waals surface area contributed by atoms with E-state index in [0.717, 1.165) is 22.1 Å². The van der Waals surface area contributed by atoms with E-state index < -0.39 is 0 Å². The molecule has 0 aliphatic carbocycles. The summed E-state index contributed by atoms with van der Waals surface area (Å²) in [7, 11) is 0. The highest BCUT2D eigenvalue weighted by atomic mass is 16.5. The Bertz CT molecular complexity index is 1160. The molecule has 0 N–H and O–H groups in total. The van der Waals surface area contributed by atoms with Crippen molar-refractivity contribution in [1.29, 1.82) is 0 Å². The zero-order chi connectivity index (χ0) is 18.8. The average Bonchev–Trinajstić information content (AvgIpc) is 2.68. The van der Waals surface area contributed by atoms with Crippen LogP contribution in [-0.2, 0) is 6.61 Å². The molecule has 27 heavy (non-hydrogen) atoms. The molecule has 4 rings (SSSR count). The maximum atomic E-state index is 12.6. The summed E-state index contributed by atoms with van der Waals surface area (Å²) >= 11 is 0. The summed E-state index contributed by atoms with van der Waals surface area (Å²) in [5, 5.41) is 0.914. The van der Waals surface area contributed by atoms with Gasteiger partial charge in [0, 0.05) is 11.5 Å². The molecule has 1 heterocycles. The number of hydrogen-bond donors (Lipinski definition) is 0. The number of aryl methyl sites for hydroxylation is 2. The van der Waals surface area contributed by atoms with Crippen molar-refractivity contribution in [3.05, 3.63) is 99.9 Å². The number of ether oxygens (including phenoxy) is 1. The van der Waals surface area contributed by atoms with E-state index in [1.54, 1.807) is 6.07 Å². The highest BCUT2D eigenvalue weighted by Gasteiger charge is 2.13. The van der Waals surface area contributed by atoms with Crippen LogP contribution in [0.25, 0.3) is 22.1 Å². The van der Waals surface area contributed by atoms with Crippen LogP contribution < -0.4 is 10.4 Å². The summed E-state index contributed by atoms with van der Waals surface area (Å²) in [4.78, 5) is 12.6. The lowest BCUT2D eigenvalue weighted by Gasteiger charge is -2.11. The predicted octanol–water partition coefficient (Wildman–Crippen LogP) is 5.66. The van der Waals surface area contributed by atoms with Crippen molar-refractivity contribution < 1.29 is 9.15 Å². The van der Waals surface area contributed by atoms with E-state index in [-0.39, 0.29) is 5.63 Å². The minimum atomic E-state index is -0.331. The molecule has 134 valence electrons. The van der Waals surface area contributed by atoms with Gasteiger partial charge in [-0.15, -0.1) is 0 Å². The highest BCUT2D eigenvalue weighted by Crippen LogP contribution is 2.29. The molecule has 0 saturated carbocycles. The Morgan fingerprint density at radius 3 is 2.41 bits per heavy atom. The number of hydrogen-bond acceptors (Lipinski definition) is 3. The van der Waals surface area contributed by atoms with Crippen LogP contribution >= 0.6 is 0 Å². The maximum absolute atomic E-state index is 12.6. The molecule has 1 aromatic heterocycles. The lowest BCUT2D eigenvalue weighted by molar-refractivity contribution is 0.305. The molecule has 0 fully saturated rings. The van der Waals surface area contributed by atoms with Gasteiger partial charge in [0.25, 0.3) is 0 Å². The molecule has 0 aliphatic heterocycles. The molecule has 0 unspecified atom stereocenters. The Morgan fingerprint density at radius 1 is 0.889 bits per heavy atom. The molecule has 3 aromatic carbocycles. The van der Waals surface area contributed by atoms with Gasteiger partial charge in [-0.3, -0.25) is 0 Å². The second kappa shape index (κ2) is 7.12. The molecule has 0 spiro atoms. The van der Waals surface area contributed by atoms with Crippen LogP contribution in [0.3, 0.4) is 0 Å². The minimum Gasteiger partial charge on any atom is -0.489 e. The number of benzene rings is 3. The van der Waals surface area contributed by atoms with E-state index in [2.05, 4.69) is 13.0 Å². The third kappa shape index (κ3) is 3.36. The molecule has 3 heteroatoms. The fourth-order valence-corrected chi connectivity index (χ4v) is 3.30. The Balaban J connectivity index is 1.70. The summed E-state index contributed by atoms with van der Waals surface area (Å²) in [5.74, 6) is 0.681. The fraction of sp³-hybridized carbons (Fsp3) is 0.125. The van der Waals surface area contributed by atoms with Crippen LogP contribution in [0.1, 0.15) is 16.7 Å². The van der Waals surface area contributed by atoms with Gasteiger partial charge in [-0.2, -0.15) is 0 Å². The van der Waals surface area contributed by atoms with Crippen molar-refractivity contribution >= 4 is 11.0 Å². The lowest BCUT2D eigenvalue weighted by Crippen LogP contribution is -2.06. The van der Waals surface area contributed by atoms with E-state index >= 15 is 0 Å². The number of fused-ring (bicyclic) bond motifs is 1. The third-order valence-electron chi connectivity index (χ3n) is 4.86. The van der Waals surface area contributed by atoms with Crippen molar-refractivity contribution in [2.24, 2.45) is 0 Å². The summed E-state index contributed by atoms with van der Waals surface area (Å²) in [6.45, 7) is 4.49. The van der Waals surface area contributed by atoms with Crippen molar-refractivity contribution in [2.45, 2.75) is 20.5 Å². The molecule has 0 saturated heterocycles. The Kier molecular flexibility index (Phi) is 4.51. The highest BCUT2D eigenvalue weighted by molar-refractivity contribution is 5.87. The molecular weight excluding hydrogens is 336 g/mol. The van der Waals surface area contributed by atoms with Gasteiger partial charge in [-0.25, -0.2) is 4.79 Å². The summed E-state index contributed by atoms with van der Waals surface area (Å²) in [6, 6.07) is 23.4. The Morgan fingerprint density at radius 2 is 1.63 bits per heavy atom. The maximum Gasteiger partial charge on any atom is 0.344 e. The zero-order valence-corrected chi connectivity index (χ0v) is 15.4. The van der Waals surface area contributed by atoms with Crippen LogP contribution in [-0.4, -0.2) is 0 Å². The second-order valence-corrected chi connectivity index (χ2v) is 6.63.